The van der Waals surface area contributed by atoms with E-state index in [1.54, 1.807) is 24.3 Å². The van der Waals surface area contributed by atoms with Gasteiger partial charge in [0.05, 0.1) is 27.0 Å². The van der Waals surface area contributed by atoms with Crippen LogP contribution in [-0.4, -0.2) is 26.0 Å². The van der Waals surface area contributed by atoms with Crippen LogP contribution in [0.3, 0.4) is 0 Å². The summed E-state index contributed by atoms with van der Waals surface area (Å²) in [4.78, 5) is 10.8. The number of hydrogen-bond acceptors (Lipinski definition) is 3. The molecule has 0 aliphatic heterocycles. The zero-order valence-corrected chi connectivity index (χ0v) is 15.1. The van der Waals surface area contributed by atoms with Gasteiger partial charge in [-0.3, -0.25) is 9.10 Å². The highest BCUT2D eigenvalue weighted by atomic mass is 35.5. The number of hydrogen-bond donors (Lipinski definition) is 1. The summed E-state index contributed by atoms with van der Waals surface area (Å²) in [5.74, 6) is -1.09. The Kier molecular flexibility index (Phi) is 5.74. The van der Waals surface area contributed by atoms with Gasteiger partial charge in [0.2, 0.25) is 0 Å². The van der Waals surface area contributed by atoms with Gasteiger partial charge in [0, 0.05) is 6.54 Å². The average molecular weight is 388 g/mol. The maximum atomic E-state index is 12.9. The Balaban J connectivity index is 2.49. The minimum absolute atomic E-state index is 0.0529. The van der Waals surface area contributed by atoms with Gasteiger partial charge < -0.3 is 5.11 Å². The first-order chi connectivity index (χ1) is 11.2. The summed E-state index contributed by atoms with van der Waals surface area (Å²) < 4.78 is 26.9. The highest BCUT2D eigenvalue weighted by molar-refractivity contribution is 7.92. The van der Waals surface area contributed by atoms with Crippen LogP contribution in [-0.2, 0) is 14.8 Å². The number of rotatable bonds is 6. The fourth-order valence-electron chi connectivity index (χ4n) is 2.06. The summed E-state index contributed by atoms with van der Waals surface area (Å²) in [6, 6.07) is 10.8. The van der Waals surface area contributed by atoms with E-state index in [0.717, 1.165) is 9.87 Å². The molecule has 0 spiro atoms. The Hall–Kier alpha value is -1.76. The van der Waals surface area contributed by atoms with Crippen LogP contribution in [0.15, 0.2) is 47.4 Å². The van der Waals surface area contributed by atoms with Gasteiger partial charge >= 0.3 is 5.97 Å². The largest absolute Gasteiger partial charge is 0.481 e. The molecule has 0 aliphatic carbocycles. The molecule has 2 aromatic carbocycles. The van der Waals surface area contributed by atoms with E-state index < -0.39 is 16.0 Å². The molecule has 0 aliphatic rings. The molecular weight excluding hydrogens is 373 g/mol. The van der Waals surface area contributed by atoms with E-state index in [4.69, 9.17) is 28.3 Å². The molecule has 0 radical (unpaired) electrons. The van der Waals surface area contributed by atoms with Crippen LogP contribution in [0.25, 0.3) is 0 Å². The Morgan fingerprint density at radius 3 is 2.25 bits per heavy atom. The Labute approximate surface area is 150 Å². The van der Waals surface area contributed by atoms with Gasteiger partial charge in [0.25, 0.3) is 10.0 Å². The van der Waals surface area contributed by atoms with Crippen molar-refractivity contribution < 1.29 is 18.3 Å². The van der Waals surface area contributed by atoms with E-state index >= 15 is 0 Å². The SMILES string of the molecule is Cc1ccc(N(CCC(=O)O)S(=O)(=O)c2ccc(Cl)c(Cl)c2)cc1. The predicted octanol–water partition coefficient (Wildman–Crippen LogP) is 3.97. The molecule has 2 aromatic rings. The lowest BCUT2D eigenvalue weighted by molar-refractivity contribution is -0.136. The van der Waals surface area contributed by atoms with Crippen molar-refractivity contribution in [3.05, 3.63) is 58.1 Å². The van der Waals surface area contributed by atoms with Crippen LogP contribution >= 0.6 is 23.2 Å². The molecule has 0 saturated heterocycles. The smallest absolute Gasteiger partial charge is 0.305 e. The van der Waals surface area contributed by atoms with E-state index in [1.165, 1.54) is 18.2 Å². The number of carbonyl (C=O) groups is 1. The molecule has 0 heterocycles. The Bertz CT molecular complexity index is 851. The highest BCUT2D eigenvalue weighted by Gasteiger charge is 2.26. The van der Waals surface area contributed by atoms with E-state index in [-0.39, 0.29) is 27.9 Å². The molecule has 0 unspecified atom stereocenters. The van der Waals surface area contributed by atoms with Crippen molar-refractivity contribution in [2.24, 2.45) is 0 Å². The van der Waals surface area contributed by atoms with Crippen molar-refractivity contribution in [1.82, 2.24) is 0 Å². The third-order valence-electron chi connectivity index (χ3n) is 3.33. The molecule has 8 heteroatoms. The van der Waals surface area contributed by atoms with Gasteiger partial charge in [-0.15, -0.1) is 0 Å². The standard InChI is InChI=1S/C16H15Cl2NO4S/c1-11-2-4-12(5-3-11)19(9-8-16(20)21)24(22,23)13-6-7-14(17)15(18)10-13/h2-7,10H,8-9H2,1H3,(H,20,21). The Morgan fingerprint density at radius 1 is 1.08 bits per heavy atom. The minimum atomic E-state index is -3.97. The number of sulfonamides is 1. The van der Waals surface area contributed by atoms with Crippen LogP contribution in [0.5, 0.6) is 0 Å². The zero-order chi connectivity index (χ0) is 17.9. The molecule has 0 aromatic heterocycles. The number of halogens is 2. The van der Waals surface area contributed by atoms with Crippen molar-refractivity contribution in [1.29, 1.82) is 0 Å². The number of benzene rings is 2. The van der Waals surface area contributed by atoms with Crippen molar-refractivity contribution in [3.63, 3.8) is 0 Å². The first-order valence-electron chi connectivity index (χ1n) is 6.98. The summed E-state index contributed by atoms with van der Waals surface area (Å²) in [7, 11) is -3.97. The number of carboxylic acids is 1. The van der Waals surface area contributed by atoms with Gasteiger partial charge in [-0.2, -0.15) is 0 Å². The number of aliphatic carboxylic acids is 1. The first-order valence-corrected chi connectivity index (χ1v) is 9.17. The molecule has 2 rings (SSSR count). The lowest BCUT2D eigenvalue weighted by Crippen LogP contribution is -2.33. The molecule has 0 saturated carbocycles. The van der Waals surface area contributed by atoms with E-state index in [1.807, 2.05) is 6.92 Å². The molecule has 24 heavy (non-hydrogen) atoms. The zero-order valence-electron chi connectivity index (χ0n) is 12.7. The molecule has 0 amide bonds. The van der Waals surface area contributed by atoms with Crippen molar-refractivity contribution >= 4 is 44.9 Å². The summed E-state index contributed by atoms with van der Waals surface area (Å²) in [5.41, 5.74) is 1.34. The summed E-state index contributed by atoms with van der Waals surface area (Å²) >= 11 is 11.7. The highest BCUT2D eigenvalue weighted by Crippen LogP contribution is 2.29. The van der Waals surface area contributed by atoms with Gasteiger partial charge in [-0.1, -0.05) is 40.9 Å². The van der Waals surface area contributed by atoms with E-state index in [9.17, 15) is 13.2 Å². The molecule has 128 valence electrons. The second-order valence-electron chi connectivity index (χ2n) is 5.13. The molecule has 5 nitrogen and oxygen atoms in total. The lowest BCUT2D eigenvalue weighted by atomic mass is 10.2. The third kappa shape index (κ3) is 4.20. The molecule has 0 bridgehead atoms. The summed E-state index contributed by atoms with van der Waals surface area (Å²) in [6.07, 6.45) is -0.325. The van der Waals surface area contributed by atoms with Crippen molar-refractivity contribution in [3.8, 4) is 0 Å². The van der Waals surface area contributed by atoms with Crippen LogP contribution < -0.4 is 4.31 Å². The first kappa shape index (κ1) is 18.6. The van der Waals surface area contributed by atoms with Crippen LogP contribution in [0.2, 0.25) is 10.0 Å². The average Bonchev–Trinajstić information content (AvgIpc) is 2.51. The van der Waals surface area contributed by atoms with E-state index in [2.05, 4.69) is 0 Å². The van der Waals surface area contributed by atoms with Gasteiger partial charge in [0.15, 0.2) is 0 Å². The summed E-state index contributed by atoms with van der Waals surface area (Å²) in [5, 5.41) is 9.26. The maximum absolute atomic E-state index is 12.9. The normalized spacial score (nSPS) is 11.3. The number of aryl methyl sites for hydroxylation is 1. The lowest BCUT2D eigenvalue weighted by Gasteiger charge is -2.24. The van der Waals surface area contributed by atoms with Crippen molar-refractivity contribution in [2.75, 3.05) is 10.8 Å². The third-order valence-corrected chi connectivity index (χ3v) is 5.89. The van der Waals surface area contributed by atoms with Gasteiger partial charge in [-0.25, -0.2) is 8.42 Å². The predicted molar refractivity (Wildman–Crippen MR) is 94.4 cm³/mol. The van der Waals surface area contributed by atoms with Crippen LogP contribution in [0.4, 0.5) is 5.69 Å². The second kappa shape index (κ2) is 7.42. The fourth-order valence-corrected chi connectivity index (χ4v) is 3.92. The van der Waals surface area contributed by atoms with Crippen molar-refractivity contribution in [2.45, 2.75) is 18.2 Å². The van der Waals surface area contributed by atoms with Gasteiger partial charge in [0.1, 0.15) is 0 Å². The monoisotopic (exact) mass is 387 g/mol. The summed E-state index contributed by atoms with van der Waals surface area (Å²) in [6.45, 7) is 1.68. The molecule has 1 N–H and O–H groups in total. The Morgan fingerprint density at radius 2 is 1.71 bits per heavy atom. The topological polar surface area (TPSA) is 74.7 Å². The number of anilines is 1. The maximum Gasteiger partial charge on any atom is 0.305 e. The number of nitrogens with zero attached hydrogens (tertiary/aromatic N) is 1. The molecular formula is C16H15Cl2NO4S. The van der Waals surface area contributed by atoms with Crippen LogP contribution in [0.1, 0.15) is 12.0 Å². The molecule has 0 atom stereocenters. The van der Waals surface area contributed by atoms with E-state index in [0.29, 0.717) is 5.69 Å². The quantitative estimate of drug-likeness (QED) is 0.813. The second-order valence-corrected chi connectivity index (χ2v) is 7.81. The molecule has 0 fully saturated rings. The van der Waals surface area contributed by atoms with Gasteiger partial charge in [-0.05, 0) is 37.3 Å². The van der Waals surface area contributed by atoms with Crippen LogP contribution in [0, 0.1) is 6.92 Å². The number of carboxylic acid groups (broad SMARTS) is 1. The minimum Gasteiger partial charge on any atom is -0.481 e. The fraction of sp³-hybridized carbons (Fsp3) is 0.188.